The molecule has 0 spiro atoms. The summed E-state index contributed by atoms with van der Waals surface area (Å²) in [4.78, 5) is 9.40. The topological polar surface area (TPSA) is 30.9 Å². The monoisotopic (exact) mass is 422 g/mol. The second-order valence-corrected chi connectivity index (χ2v) is 7.92. The zero-order valence-electron chi connectivity index (χ0n) is 15.3. The molecule has 0 atom stereocenters. The van der Waals surface area contributed by atoms with Crippen molar-refractivity contribution in [3.05, 3.63) is 0 Å². The van der Waals surface area contributed by atoms with Crippen LogP contribution in [0.4, 0.5) is 0 Å². The first-order valence-corrected chi connectivity index (χ1v) is 8.48. The predicted molar refractivity (Wildman–Crippen MR) is 106 cm³/mol. The highest BCUT2D eigenvalue weighted by molar-refractivity contribution is 14.0. The van der Waals surface area contributed by atoms with Crippen LogP contribution in [0.1, 0.15) is 53.4 Å². The van der Waals surface area contributed by atoms with Crippen LogP contribution in [-0.2, 0) is 0 Å². The third-order valence-electron chi connectivity index (χ3n) is 6.05. The average Bonchev–Trinajstić information content (AvgIpc) is 2.95. The number of halogens is 1. The van der Waals surface area contributed by atoms with Crippen LogP contribution in [0.2, 0.25) is 0 Å². The Kier molecular flexibility index (Phi) is 6.99. The van der Waals surface area contributed by atoms with Gasteiger partial charge >= 0.3 is 0 Å². The Morgan fingerprint density at radius 2 is 1.82 bits per heavy atom. The van der Waals surface area contributed by atoms with E-state index >= 15 is 0 Å². The molecule has 0 radical (unpaired) electrons. The maximum absolute atomic E-state index is 4.48. The van der Waals surface area contributed by atoms with Gasteiger partial charge in [-0.2, -0.15) is 0 Å². The summed E-state index contributed by atoms with van der Waals surface area (Å²) in [6.07, 6.45) is 5.56. The molecule has 0 aromatic rings. The molecule has 2 aliphatic rings. The van der Waals surface area contributed by atoms with Crippen LogP contribution in [0, 0.1) is 5.41 Å². The van der Waals surface area contributed by atoms with Crippen LogP contribution in [-0.4, -0.2) is 61.1 Å². The molecule has 4 nitrogen and oxygen atoms in total. The fraction of sp³-hybridized carbons (Fsp3) is 0.941. The number of aliphatic imine (C=N–C) groups is 1. The quantitative estimate of drug-likeness (QED) is 0.429. The van der Waals surface area contributed by atoms with Gasteiger partial charge in [-0.15, -0.1) is 24.0 Å². The van der Waals surface area contributed by atoms with Crippen LogP contribution < -0.4 is 5.32 Å². The summed E-state index contributed by atoms with van der Waals surface area (Å²) in [6.45, 7) is 12.5. The van der Waals surface area contributed by atoms with E-state index in [9.17, 15) is 0 Å². The van der Waals surface area contributed by atoms with Crippen molar-refractivity contribution < 1.29 is 0 Å². The number of likely N-dealkylation sites (N-methyl/N-ethyl adjacent to an activating group) is 1. The van der Waals surface area contributed by atoms with Gasteiger partial charge in [0.2, 0.25) is 0 Å². The van der Waals surface area contributed by atoms with E-state index in [1.807, 2.05) is 7.05 Å². The van der Waals surface area contributed by atoms with Gasteiger partial charge in [-0.05, 0) is 33.7 Å². The van der Waals surface area contributed by atoms with Gasteiger partial charge in [0.25, 0.3) is 0 Å². The molecule has 22 heavy (non-hydrogen) atoms. The molecular weight excluding hydrogens is 387 g/mol. The lowest BCUT2D eigenvalue weighted by atomic mass is 9.65. The van der Waals surface area contributed by atoms with Crippen molar-refractivity contribution in [2.75, 3.05) is 33.7 Å². The van der Waals surface area contributed by atoms with Crippen molar-refractivity contribution in [2.45, 2.75) is 65.0 Å². The summed E-state index contributed by atoms with van der Waals surface area (Å²) < 4.78 is 0. The van der Waals surface area contributed by atoms with Gasteiger partial charge in [0.05, 0.1) is 0 Å². The molecule has 0 aromatic carbocycles. The Hall–Kier alpha value is -0.0400. The summed E-state index contributed by atoms with van der Waals surface area (Å²) in [5.74, 6) is 1.05. The van der Waals surface area contributed by atoms with E-state index in [2.05, 4.69) is 54.9 Å². The molecule has 1 saturated heterocycles. The maximum atomic E-state index is 4.48. The number of guanidine groups is 1. The van der Waals surface area contributed by atoms with Crippen molar-refractivity contribution in [3.8, 4) is 0 Å². The molecule has 0 bridgehead atoms. The number of hydrogen-bond acceptors (Lipinski definition) is 2. The predicted octanol–water partition coefficient (Wildman–Crippen LogP) is 3.17. The second-order valence-electron chi connectivity index (χ2n) is 7.92. The first-order valence-electron chi connectivity index (χ1n) is 8.48. The minimum atomic E-state index is 0. The molecule has 130 valence electrons. The van der Waals surface area contributed by atoms with Gasteiger partial charge in [-0.25, -0.2) is 0 Å². The van der Waals surface area contributed by atoms with E-state index < -0.39 is 0 Å². The first-order chi connectivity index (χ1) is 9.79. The zero-order chi connectivity index (χ0) is 15.7. The molecule has 0 unspecified atom stereocenters. The van der Waals surface area contributed by atoms with E-state index in [4.69, 9.17) is 0 Å². The summed E-state index contributed by atoms with van der Waals surface area (Å²) >= 11 is 0. The molecular formula is C17H35IN4. The SMILES string of the molecule is CN=C(NCCN(C)C1CCCC1)N1CC(C)(C)C1(C)C.I. The fourth-order valence-electron chi connectivity index (χ4n) is 3.57. The van der Waals surface area contributed by atoms with E-state index in [0.29, 0.717) is 5.41 Å². The number of nitrogens with one attached hydrogen (secondary N) is 1. The van der Waals surface area contributed by atoms with Gasteiger partial charge in [-0.3, -0.25) is 4.99 Å². The second kappa shape index (κ2) is 7.69. The van der Waals surface area contributed by atoms with Crippen LogP contribution in [0.5, 0.6) is 0 Å². The van der Waals surface area contributed by atoms with Crippen molar-refractivity contribution >= 4 is 29.9 Å². The minimum absolute atomic E-state index is 0. The highest BCUT2D eigenvalue weighted by Gasteiger charge is 2.53. The Balaban J connectivity index is 0.00000242. The molecule has 1 aliphatic carbocycles. The lowest BCUT2D eigenvalue weighted by Crippen LogP contribution is -2.72. The summed E-state index contributed by atoms with van der Waals surface area (Å²) in [5.41, 5.74) is 0.525. The van der Waals surface area contributed by atoms with E-state index in [1.54, 1.807) is 0 Å². The Bertz CT molecular complexity index is 386. The highest BCUT2D eigenvalue weighted by Crippen LogP contribution is 2.46. The average molecular weight is 422 g/mol. The maximum Gasteiger partial charge on any atom is 0.194 e. The molecule has 5 heteroatoms. The summed E-state index contributed by atoms with van der Waals surface area (Å²) in [6, 6.07) is 0.799. The molecule has 2 fully saturated rings. The molecule has 1 saturated carbocycles. The normalized spacial score (nSPS) is 24.1. The molecule has 1 heterocycles. The molecule has 1 N–H and O–H groups in total. The Labute approximate surface area is 154 Å². The number of nitrogens with zero attached hydrogens (tertiary/aromatic N) is 3. The fourth-order valence-corrected chi connectivity index (χ4v) is 3.57. The van der Waals surface area contributed by atoms with Crippen molar-refractivity contribution in [3.63, 3.8) is 0 Å². The van der Waals surface area contributed by atoms with Crippen LogP contribution >= 0.6 is 24.0 Å². The largest absolute Gasteiger partial charge is 0.355 e. The van der Waals surface area contributed by atoms with Gasteiger partial charge < -0.3 is 15.1 Å². The number of likely N-dealkylation sites (tertiary alicyclic amines) is 1. The lowest BCUT2D eigenvalue weighted by Gasteiger charge is -2.62. The Morgan fingerprint density at radius 1 is 1.23 bits per heavy atom. The minimum Gasteiger partial charge on any atom is -0.355 e. The summed E-state index contributed by atoms with van der Waals surface area (Å²) in [5, 5.41) is 3.55. The van der Waals surface area contributed by atoms with Gasteiger partial charge in [0.1, 0.15) is 0 Å². The third-order valence-corrected chi connectivity index (χ3v) is 6.05. The lowest BCUT2D eigenvalue weighted by molar-refractivity contribution is -0.0667. The van der Waals surface area contributed by atoms with Crippen molar-refractivity contribution in [1.82, 2.24) is 15.1 Å². The molecule has 2 rings (SSSR count). The van der Waals surface area contributed by atoms with Crippen LogP contribution in [0.25, 0.3) is 0 Å². The third kappa shape index (κ3) is 3.89. The van der Waals surface area contributed by atoms with Crippen molar-refractivity contribution in [2.24, 2.45) is 10.4 Å². The van der Waals surface area contributed by atoms with Crippen molar-refractivity contribution in [1.29, 1.82) is 0 Å². The van der Waals surface area contributed by atoms with Crippen LogP contribution in [0.15, 0.2) is 4.99 Å². The molecule has 0 aromatic heterocycles. The van der Waals surface area contributed by atoms with Gasteiger partial charge in [0.15, 0.2) is 5.96 Å². The number of rotatable bonds is 4. The molecule has 0 amide bonds. The zero-order valence-corrected chi connectivity index (χ0v) is 17.6. The van der Waals surface area contributed by atoms with E-state index in [1.165, 1.54) is 25.7 Å². The highest BCUT2D eigenvalue weighted by atomic mass is 127. The molecule has 1 aliphatic heterocycles. The van der Waals surface area contributed by atoms with Crippen LogP contribution in [0.3, 0.4) is 0 Å². The Morgan fingerprint density at radius 3 is 2.27 bits per heavy atom. The number of hydrogen-bond donors (Lipinski definition) is 1. The van der Waals surface area contributed by atoms with E-state index in [-0.39, 0.29) is 29.5 Å². The van der Waals surface area contributed by atoms with Gasteiger partial charge in [-0.1, -0.05) is 26.7 Å². The smallest absolute Gasteiger partial charge is 0.194 e. The standard InChI is InChI=1S/C17H34N4.HI/c1-16(2)13-21(17(16,3)4)15(18-5)19-11-12-20(6)14-9-7-8-10-14;/h14H,7-13H2,1-6H3,(H,18,19);1H. The van der Waals surface area contributed by atoms with Gasteiger partial charge in [0, 0.05) is 43.7 Å². The summed E-state index contributed by atoms with van der Waals surface area (Å²) in [7, 11) is 4.15. The van der Waals surface area contributed by atoms with E-state index in [0.717, 1.165) is 31.6 Å². The first kappa shape index (κ1) is 20.0.